The van der Waals surface area contributed by atoms with Crippen LogP contribution in [0.3, 0.4) is 0 Å². The molecule has 12 aliphatic heterocycles. The van der Waals surface area contributed by atoms with Gasteiger partial charge in [0.2, 0.25) is 0 Å². The number of hydrogen-bond acceptors (Lipinski definition) is 2. The second-order valence-corrected chi connectivity index (χ2v) is 65.6. The van der Waals surface area contributed by atoms with E-state index in [4.69, 9.17) is 0 Å². The number of piperidine rings is 2. The van der Waals surface area contributed by atoms with Gasteiger partial charge >= 0.3 is 298 Å². The molecule has 16 aliphatic rings. The average molecular weight is 779 g/mol. The van der Waals surface area contributed by atoms with Crippen LogP contribution in [-0.4, -0.2) is 64.5 Å². The standard InChI is InChI=1S/C37H67N2P2Si2.C5H5.Fe/c1-36(2,3)41(34-27-17-25-16-26(19-27)20-28(34)18-25)24-31-32(21-33(42(4,5)6)35(31)43(7,8)9)37(40,29-12-10-14-38-22-29)30-13-11-15-39-23-30;1-2-4-5-3-1;/h21,25-30,34,38-39H,10-20,22-24,40H2,1-9H3;1-5H;. The van der Waals surface area contributed by atoms with E-state index in [-0.39, 0.29) is 7.92 Å². The van der Waals surface area contributed by atoms with Crippen molar-refractivity contribution in [2.75, 3.05) is 32.3 Å². The van der Waals surface area contributed by atoms with Crippen LogP contribution in [0.15, 0.2) is 0 Å². The zero-order valence-electron chi connectivity index (χ0n) is 32.8. The van der Waals surface area contributed by atoms with Crippen molar-refractivity contribution in [2.24, 2.45) is 35.5 Å². The van der Waals surface area contributed by atoms with Gasteiger partial charge in [-0.25, -0.2) is 0 Å². The minimum absolute atomic E-state index is 0.0234. The number of nitrogens with one attached hydrogen (secondary N) is 2. The van der Waals surface area contributed by atoms with Crippen molar-refractivity contribution in [3.8, 4) is 0 Å². The first kappa shape index (κ1) is 29.9. The van der Waals surface area contributed by atoms with Crippen molar-refractivity contribution in [2.45, 2.75) is 179 Å². The molecule has 0 radical (unpaired) electrons. The second kappa shape index (κ2) is 5.06. The van der Waals surface area contributed by atoms with Gasteiger partial charge < -0.3 is 0 Å². The van der Waals surface area contributed by atoms with Crippen molar-refractivity contribution in [1.29, 1.82) is 0 Å². The molecule has 16 fully saturated rings. The van der Waals surface area contributed by atoms with Crippen molar-refractivity contribution < 1.29 is 6.51 Å². The zero-order valence-corrected chi connectivity index (χ0v) is 37.9. The monoisotopic (exact) mass is 778 g/mol. The Morgan fingerprint density at radius 2 is 1.22 bits per heavy atom. The Morgan fingerprint density at radius 3 is 1.59 bits per heavy atom. The first-order valence-corrected chi connectivity index (χ1v) is 37.2. The van der Waals surface area contributed by atoms with Crippen molar-refractivity contribution in [3.05, 3.63) is 0 Å². The van der Waals surface area contributed by atoms with E-state index in [1.54, 1.807) is 44.9 Å². The summed E-state index contributed by atoms with van der Waals surface area (Å²) in [6, 6.07) is 0. The summed E-state index contributed by atoms with van der Waals surface area (Å²) < 4.78 is 3.75. The van der Waals surface area contributed by atoms with Crippen LogP contribution in [0, 0.1) is 35.5 Å². The first-order chi connectivity index (χ1) is 22.8. The van der Waals surface area contributed by atoms with Crippen molar-refractivity contribution >= 4 is 33.3 Å². The van der Waals surface area contributed by atoms with E-state index in [0.29, 0.717) is 10.3 Å². The molecule has 1 spiro atoms. The fourth-order valence-corrected chi connectivity index (χ4v) is 180. The Bertz CT molecular complexity index is 2000. The van der Waals surface area contributed by atoms with Gasteiger partial charge in [0.15, 0.2) is 0 Å². The van der Waals surface area contributed by atoms with E-state index in [0.717, 1.165) is 57.7 Å². The van der Waals surface area contributed by atoms with Crippen LogP contribution in [0.2, 0.25) is 84.7 Å². The van der Waals surface area contributed by atoms with Crippen LogP contribution < -0.4 is 10.6 Å². The molecular weight excluding hydrogens is 706 g/mol. The molecule has 0 aromatic rings. The minimum atomic E-state index is -4.32. The Balaban J connectivity index is 1.04. The maximum atomic E-state index is 4.16. The molecular formula is C42H72FeN2P2Si2. The van der Waals surface area contributed by atoms with Gasteiger partial charge in [-0.3, -0.25) is 0 Å². The second-order valence-electron chi connectivity index (χ2n) is 27.3. The fraction of sp³-hybridized carbons (Fsp3) is 1.00. The predicted octanol–water partition coefficient (Wildman–Crippen LogP) is 11.3. The third kappa shape index (κ3) is 0.901. The van der Waals surface area contributed by atoms with Crippen LogP contribution in [0.5, 0.6) is 0 Å². The van der Waals surface area contributed by atoms with Crippen LogP contribution in [-0.2, 0) is 6.51 Å². The molecule has 276 valence electrons. The molecule has 49 heavy (non-hydrogen) atoms. The van der Waals surface area contributed by atoms with Gasteiger partial charge in [0.25, 0.3) is 0 Å². The Hall–Kier alpha value is 1.73. The quantitative estimate of drug-likeness (QED) is 0.189. The Morgan fingerprint density at radius 1 is 0.735 bits per heavy atom. The van der Waals surface area contributed by atoms with Gasteiger partial charge in [-0.15, -0.1) is 0 Å². The topological polar surface area (TPSA) is 24.1 Å². The predicted molar refractivity (Wildman–Crippen MR) is 216 cm³/mol. The molecule has 9 unspecified atom stereocenters. The molecule has 2 N–H and O–H groups in total. The number of fused-ring (bicyclic) bond motifs is 10. The van der Waals surface area contributed by atoms with Crippen molar-refractivity contribution in [1.82, 2.24) is 10.6 Å². The summed E-state index contributed by atoms with van der Waals surface area (Å²) in [5.41, 5.74) is 1.13. The van der Waals surface area contributed by atoms with Gasteiger partial charge in [-0.2, -0.15) is 0 Å². The van der Waals surface area contributed by atoms with Crippen LogP contribution in [0.25, 0.3) is 0 Å². The molecule has 16 rings (SSSR count). The SMILES string of the molecule is CC(C)(C)P(C[C]12[C]3(C(P)(C4CCCNC4)C4CCCNC4)[CH]4[C]5([Si](C)(C)C)[C]1([Si](C)(C)C)[Fe]42351678[CH]2[CH]1[CH]6[CH]7[CH]28)C1C2CC3CC(C2)CC1C3. The van der Waals surface area contributed by atoms with E-state index < -0.39 is 22.7 Å². The maximum absolute atomic E-state index is 4.32. The molecule has 9 atom stereocenters. The van der Waals surface area contributed by atoms with E-state index in [1.165, 1.54) is 67.9 Å². The third-order valence-corrected chi connectivity index (χ3v) is 96.9. The van der Waals surface area contributed by atoms with E-state index in [2.05, 4.69) is 79.9 Å². The summed E-state index contributed by atoms with van der Waals surface area (Å²) in [7, 11) is 1.28. The van der Waals surface area contributed by atoms with E-state index in [9.17, 15) is 0 Å². The molecule has 0 aromatic carbocycles. The summed E-state index contributed by atoms with van der Waals surface area (Å²) in [6.45, 7) is 27.8. The van der Waals surface area contributed by atoms with Gasteiger partial charge in [-0.05, 0) is 0 Å². The third-order valence-electron chi connectivity index (χ3n) is 28.0. The summed E-state index contributed by atoms with van der Waals surface area (Å²) in [5, 5.41) is 9.32. The first-order valence-electron chi connectivity index (χ1n) is 22.0. The molecule has 0 amide bonds. The van der Waals surface area contributed by atoms with Gasteiger partial charge in [0.1, 0.15) is 0 Å². The van der Waals surface area contributed by atoms with Gasteiger partial charge in [0, 0.05) is 0 Å². The number of rotatable bonds is 8. The number of hydrogen-bond donors (Lipinski definition) is 2. The molecule has 12 heterocycles. The Labute approximate surface area is 295 Å². The fourth-order valence-electron chi connectivity index (χ4n) is 32.9. The summed E-state index contributed by atoms with van der Waals surface area (Å²) in [6.07, 6.45) is 16.1. The molecule has 4 saturated carbocycles. The summed E-state index contributed by atoms with van der Waals surface area (Å²) >= 11 is 0. The summed E-state index contributed by atoms with van der Waals surface area (Å²) in [4.78, 5) is 8.27. The zero-order chi connectivity index (χ0) is 33.7. The Kier molecular flexibility index (Phi) is 3.09. The molecule has 0 aromatic heterocycles. The summed E-state index contributed by atoms with van der Waals surface area (Å²) in [5.74, 6) is 6.32. The van der Waals surface area contributed by atoms with E-state index in [1.807, 2.05) is 6.16 Å². The molecule has 7 heteroatoms. The van der Waals surface area contributed by atoms with E-state index >= 15 is 0 Å². The van der Waals surface area contributed by atoms with Crippen LogP contribution in [0.4, 0.5) is 0 Å². The molecule has 2 nitrogen and oxygen atoms in total. The van der Waals surface area contributed by atoms with Gasteiger partial charge in [-0.1, -0.05) is 0 Å². The van der Waals surface area contributed by atoms with Crippen LogP contribution >= 0.6 is 17.2 Å². The molecule has 4 aliphatic carbocycles. The van der Waals surface area contributed by atoms with Gasteiger partial charge in [0.05, 0.1) is 0 Å². The normalized spacial score (nSPS) is 74.9. The van der Waals surface area contributed by atoms with Crippen LogP contribution in [0.1, 0.15) is 78.6 Å². The molecule has 12 saturated heterocycles. The average Bonchev–Trinajstić information content (AvgIpc) is 3.98. The van der Waals surface area contributed by atoms with Crippen molar-refractivity contribution in [3.63, 3.8) is 0 Å². The molecule has 4 bridgehead atoms.